The molecule has 0 radical (unpaired) electrons. The van der Waals surface area contributed by atoms with Crippen molar-refractivity contribution in [3.05, 3.63) is 65.2 Å². The minimum Gasteiger partial charge on any atom is -0.497 e. The molecule has 5 nitrogen and oxygen atoms in total. The highest BCUT2D eigenvalue weighted by Gasteiger charge is 2.49. The number of hydrogen-bond acceptors (Lipinski definition) is 3. The quantitative estimate of drug-likeness (QED) is 0.813. The van der Waals surface area contributed by atoms with E-state index in [-0.39, 0.29) is 17.9 Å². The van der Waals surface area contributed by atoms with Crippen LogP contribution in [0.4, 0.5) is 0 Å². The van der Waals surface area contributed by atoms with E-state index in [0.29, 0.717) is 13.0 Å². The molecule has 1 heterocycles. The smallest absolute Gasteiger partial charge is 0.255 e. The predicted molar refractivity (Wildman–Crippen MR) is 116 cm³/mol. The van der Waals surface area contributed by atoms with Crippen LogP contribution in [0.15, 0.2) is 48.5 Å². The van der Waals surface area contributed by atoms with Crippen LogP contribution < -0.4 is 10.1 Å². The van der Waals surface area contributed by atoms with Gasteiger partial charge in [0, 0.05) is 24.6 Å². The van der Waals surface area contributed by atoms with Crippen LogP contribution in [0.1, 0.15) is 60.5 Å². The number of carbonyl (C=O) groups is 2. The van der Waals surface area contributed by atoms with Gasteiger partial charge >= 0.3 is 0 Å². The molecule has 30 heavy (non-hydrogen) atoms. The second kappa shape index (κ2) is 8.50. The van der Waals surface area contributed by atoms with E-state index in [4.69, 9.17) is 4.74 Å². The standard InChI is InChI=1S/C25H30N2O3/c1-25(24(29)26-17-18-9-8-13-21(15-18)30-2)16-19-10-6-7-14-22(19)23(28)27(25)20-11-4-3-5-12-20/h6-10,13-15,20H,3-5,11-12,16-17H2,1-2H3,(H,26,29)/t25-/m0/s1. The second-order valence-electron chi connectivity index (χ2n) is 8.61. The lowest BCUT2D eigenvalue weighted by Gasteiger charge is -2.49. The molecule has 0 bridgehead atoms. The topological polar surface area (TPSA) is 58.6 Å². The number of amides is 2. The van der Waals surface area contributed by atoms with Crippen LogP contribution in [0.25, 0.3) is 0 Å². The maximum Gasteiger partial charge on any atom is 0.255 e. The Bertz CT molecular complexity index is 935. The first-order valence-electron chi connectivity index (χ1n) is 10.9. The SMILES string of the molecule is COc1cccc(CNC(=O)[C@]2(C)Cc3ccccc3C(=O)N2C2CCCCC2)c1. The number of nitrogens with zero attached hydrogens (tertiary/aromatic N) is 1. The van der Waals surface area contributed by atoms with E-state index in [2.05, 4.69) is 5.32 Å². The average Bonchev–Trinajstić information content (AvgIpc) is 2.78. The highest BCUT2D eigenvalue weighted by atomic mass is 16.5. The third kappa shape index (κ3) is 3.81. The van der Waals surface area contributed by atoms with Gasteiger partial charge in [-0.15, -0.1) is 0 Å². The highest BCUT2D eigenvalue weighted by molar-refractivity contribution is 6.02. The van der Waals surface area contributed by atoms with Gasteiger partial charge in [0.2, 0.25) is 5.91 Å². The van der Waals surface area contributed by atoms with Gasteiger partial charge < -0.3 is 15.0 Å². The molecular weight excluding hydrogens is 376 g/mol. The normalized spacial score (nSPS) is 21.8. The lowest BCUT2D eigenvalue weighted by molar-refractivity contribution is -0.133. The van der Waals surface area contributed by atoms with Crippen LogP contribution in [0, 0.1) is 0 Å². The van der Waals surface area contributed by atoms with Crippen molar-refractivity contribution in [2.24, 2.45) is 0 Å². The second-order valence-corrected chi connectivity index (χ2v) is 8.61. The Kier molecular flexibility index (Phi) is 5.80. The van der Waals surface area contributed by atoms with Crippen molar-refractivity contribution in [3.63, 3.8) is 0 Å². The van der Waals surface area contributed by atoms with Gasteiger partial charge in [-0.05, 0) is 49.1 Å². The molecule has 0 spiro atoms. The Morgan fingerprint density at radius 2 is 1.90 bits per heavy atom. The summed E-state index contributed by atoms with van der Waals surface area (Å²) in [6.45, 7) is 2.33. The fourth-order valence-electron chi connectivity index (χ4n) is 4.95. The predicted octanol–water partition coefficient (Wildman–Crippen LogP) is 4.10. The van der Waals surface area contributed by atoms with Gasteiger partial charge in [-0.1, -0.05) is 49.6 Å². The first-order chi connectivity index (χ1) is 14.5. The molecule has 1 saturated carbocycles. The summed E-state index contributed by atoms with van der Waals surface area (Å²) in [4.78, 5) is 28.9. The molecule has 4 rings (SSSR count). The van der Waals surface area contributed by atoms with Crippen LogP contribution in [-0.4, -0.2) is 35.4 Å². The molecule has 2 aliphatic rings. The van der Waals surface area contributed by atoms with Crippen molar-refractivity contribution < 1.29 is 14.3 Å². The molecule has 5 heteroatoms. The van der Waals surface area contributed by atoms with Crippen LogP contribution in [0.5, 0.6) is 5.75 Å². The third-order valence-electron chi connectivity index (χ3n) is 6.55. The van der Waals surface area contributed by atoms with E-state index >= 15 is 0 Å². The summed E-state index contributed by atoms with van der Waals surface area (Å²) in [7, 11) is 1.63. The van der Waals surface area contributed by atoms with Crippen molar-refractivity contribution in [1.29, 1.82) is 0 Å². The van der Waals surface area contributed by atoms with E-state index in [1.54, 1.807) is 7.11 Å². The van der Waals surface area contributed by atoms with Crippen molar-refractivity contribution in [3.8, 4) is 5.75 Å². The fraction of sp³-hybridized carbons (Fsp3) is 0.440. The van der Waals surface area contributed by atoms with Crippen LogP contribution in [0.3, 0.4) is 0 Å². The van der Waals surface area contributed by atoms with Gasteiger partial charge in [0.25, 0.3) is 5.91 Å². The zero-order valence-electron chi connectivity index (χ0n) is 17.8. The van der Waals surface area contributed by atoms with Crippen LogP contribution in [-0.2, 0) is 17.8 Å². The number of fused-ring (bicyclic) bond motifs is 1. The number of hydrogen-bond donors (Lipinski definition) is 1. The Labute approximate surface area is 178 Å². The Morgan fingerprint density at radius 1 is 1.13 bits per heavy atom. The molecule has 2 aromatic rings. The first-order valence-corrected chi connectivity index (χ1v) is 10.9. The van der Waals surface area contributed by atoms with E-state index in [9.17, 15) is 9.59 Å². The van der Waals surface area contributed by atoms with Crippen molar-refractivity contribution in [2.45, 2.75) is 63.6 Å². The maximum atomic E-state index is 13.5. The van der Waals surface area contributed by atoms with E-state index in [1.165, 1.54) is 6.42 Å². The van der Waals surface area contributed by atoms with Crippen molar-refractivity contribution in [2.75, 3.05) is 7.11 Å². The van der Waals surface area contributed by atoms with Gasteiger partial charge in [-0.25, -0.2) is 0 Å². The lowest BCUT2D eigenvalue weighted by atomic mass is 9.79. The number of benzene rings is 2. The molecular formula is C25H30N2O3. The van der Waals surface area contributed by atoms with Gasteiger partial charge in [-0.2, -0.15) is 0 Å². The largest absolute Gasteiger partial charge is 0.497 e. The summed E-state index contributed by atoms with van der Waals surface area (Å²) >= 11 is 0. The summed E-state index contributed by atoms with van der Waals surface area (Å²) in [5.41, 5.74) is 1.76. The number of nitrogens with one attached hydrogen (secondary N) is 1. The van der Waals surface area contributed by atoms with E-state index in [0.717, 1.165) is 48.1 Å². The molecule has 0 aromatic heterocycles. The molecule has 2 amide bonds. The Balaban J connectivity index is 1.61. The van der Waals surface area contributed by atoms with Crippen LogP contribution in [0.2, 0.25) is 0 Å². The summed E-state index contributed by atoms with van der Waals surface area (Å²) in [6, 6.07) is 15.5. The monoisotopic (exact) mass is 406 g/mol. The molecule has 0 unspecified atom stereocenters. The molecule has 1 aliphatic heterocycles. The molecule has 0 saturated heterocycles. The van der Waals surface area contributed by atoms with Crippen molar-refractivity contribution >= 4 is 11.8 Å². The highest BCUT2D eigenvalue weighted by Crippen LogP contribution is 2.37. The van der Waals surface area contributed by atoms with Gasteiger partial charge in [-0.3, -0.25) is 9.59 Å². The van der Waals surface area contributed by atoms with Crippen molar-refractivity contribution in [1.82, 2.24) is 10.2 Å². The molecule has 1 N–H and O–H groups in total. The minimum atomic E-state index is -0.897. The number of rotatable bonds is 5. The third-order valence-corrected chi connectivity index (χ3v) is 6.55. The first kappa shape index (κ1) is 20.5. The lowest BCUT2D eigenvalue weighted by Crippen LogP contribution is -2.65. The molecule has 1 atom stereocenters. The average molecular weight is 407 g/mol. The maximum absolute atomic E-state index is 13.5. The number of methoxy groups -OCH3 is 1. The molecule has 2 aromatic carbocycles. The summed E-state index contributed by atoms with van der Waals surface area (Å²) in [5, 5.41) is 3.09. The molecule has 1 fully saturated rings. The minimum absolute atomic E-state index is 0.0113. The zero-order valence-corrected chi connectivity index (χ0v) is 17.8. The van der Waals surface area contributed by atoms with Gasteiger partial charge in [0.15, 0.2) is 0 Å². The van der Waals surface area contributed by atoms with Gasteiger partial charge in [0.1, 0.15) is 11.3 Å². The fourth-order valence-corrected chi connectivity index (χ4v) is 4.95. The molecule has 1 aliphatic carbocycles. The Hall–Kier alpha value is -2.82. The molecule has 158 valence electrons. The summed E-state index contributed by atoms with van der Waals surface area (Å²) in [6.07, 6.45) is 5.89. The number of carbonyl (C=O) groups excluding carboxylic acids is 2. The van der Waals surface area contributed by atoms with E-state index < -0.39 is 5.54 Å². The summed E-state index contributed by atoms with van der Waals surface area (Å²) in [5.74, 6) is 0.653. The van der Waals surface area contributed by atoms with Gasteiger partial charge in [0.05, 0.1) is 7.11 Å². The Morgan fingerprint density at radius 3 is 2.67 bits per heavy atom. The van der Waals surface area contributed by atoms with Crippen LogP contribution >= 0.6 is 0 Å². The number of ether oxygens (including phenoxy) is 1. The van der Waals surface area contributed by atoms with E-state index in [1.807, 2.05) is 60.4 Å². The zero-order chi connectivity index (χ0) is 21.1. The summed E-state index contributed by atoms with van der Waals surface area (Å²) < 4.78 is 5.28.